The number of halogens is 2. The van der Waals surface area contributed by atoms with Crippen LogP contribution in [0.5, 0.6) is 11.5 Å². The van der Waals surface area contributed by atoms with E-state index in [2.05, 4.69) is 15.9 Å². The van der Waals surface area contributed by atoms with Crippen molar-refractivity contribution >= 4 is 27.7 Å². The Morgan fingerprint density at radius 1 is 1.08 bits per heavy atom. The first kappa shape index (κ1) is 16.4. The highest BCUT2D eigenvalue weighted by molar-refractivity contribution is 9.10. The van der Waals surface area contributed by atoms with Gasteiger partial charge in [0.15, 0.2) is 23.9 Å². The molecule has 5 nitrogen and oxygen atoms in total. The fourth-order valence-corrected chi connectivity index (χ4v) is 2.50. The van der Waals surface area contributed by atoms with Crippen LogP contribution >= 0.6 is 15.9 Å². The lowest BCUT2D eigenvalue weighted by molar-refractivity contribution is 0.0470. The van der Waals surface area contributed by atoms with Crippen LogP contribution in [0.25, 0.3) is 0 Å². The van der Waals surface area contributed by atoms with Crippen molar-refractivity contribution in [3.8, 4) is 11.5 Å². The SMILES string of the molecule is O=C(COC(=O)c1ccc(Br)cc1F)c1ccc2c(c1)OCCO2. The van der Waals surface area contributed by atoms with E-state index < -0.39 is 24.2 Å². The first-order valence-electron chi connectivity index (χ1n) is 7.09. The largest absolute Gasteiger partial charge is 0.486 e. The zero-order chi connectivity index (χ0) is 17.1. The highest BCUT2D eigenvalue weighted by atomic mass is 79.9. The standard InChI is InChI=1S/C17H12BrFO5/c18-11-2-3-12(13(19)8-11)17(21)24-9-14(20)10-1-4-15-16(7-10)23-6-5-22-15/h1-4,7-8H,5-6,9H2. The maximum Gasteiger partial charge on any atom is 0.341 e. The summed E-state index contributed by atoms with van der Waals surface area (Å²) in [5, 5.41) is 0. The molecule has 0 saturated heterocycles. The predicted molar refractivity (Wildman–Crippen MR) is 86.1 cm³/mol. The van der Waals surface area contributed by atoms with Crippen LogP contribution in [0, 0.1) is 5.82 Å². The number of ether oxygens (including phenoxy) is 3. The molecule has 1 aliphatic heterocycles. The number of benzene rings is 2. The topological polar surface area (TPSA) is 61.8 Å². The molecule has 0 bridgehead atoms. The van der Waals surface area contributed by atoms with E-state index in [1.54, 1.807) is 12.1 Å². The molecule has 1 heterocycles. The van der Waals surface area contributed by atoms with Gasteiger partial charge in [-0.1, -0.05) is 15.9 Å². The van der Waals surface area contributed by atoms with Crippen molar-refractivity contribution in [1.29, 1.82) is 0 Å². The van der Waals surface area contributed by atoms with Crippen molar-refractivity contribution in [3.63, 3.8) is 0 Å². The third-order valence-corrected chi connectivity index (χ3v) is 3.84. The summed E-state index contributed by atoms with van der Waals surface area (Å²) in [5.41, 5.74) is 0.0940. The fourth-order valence-electron chi connectivity index (χ4n) is 2.16. The third-order valence-electron chi connectivity index (χ3n) is 3.35. The van der Waals surface area contributed by atoms with Crippen LogP contribution in [0.1, 0.15) is 20.7 Å². The minimum Gasteiger partial charge on any atom is -0.486 e. The Balaban J connectivity index is 1.66. The molecule has 0 radical (unpaired) electrons. The molecule has 0 amide bonds. The number of hydrogen-bond acceptors (Lipinski definition) is 5. The summed E-state index contributed by atoms with van der Waals surface area (Å²) in [6.45, 7) is 0.368. The number of ketones is 1. The van der Waals surface area contributed by atoms with Crippen LogP contribution < -0.4 is 9.47 Å². The summed E-state index contributed by atoms with van der Waals surface area (Å²) >= 11 is 3.10. The maximum absolute atomic E-state index is 13.7. The lowest BCUT2D eigenvalue weighted by atomic mass is 10.1. The number of carbonyl (C=O) groups excluding carboxylic acids is 2. The number of Topliss-reactive ketones (excluding diaryl/α,β-unsaturated/α-hetero) is 1. The van der Waals surface area contributed by atoms with Gasteiger partial charge in [-0.3, -0.25) is 4.79 Å². The molecule has 0 saturated carbocycles. The Morgan fingerprint density at radius 2 is 1.83 bits per heavy atom. The van der Waals surface area contributed by atoms with Gasteiger partial charge in [-0.05, 0) is 36.4 Å². The molecule has 0 fully saturated rings. The first-order chi connectivity index (χ1) is 11.5. The average molecular weight is 395 g/mol. The summed E-state index contributed by atoms with van der Waals surface area (Å²) < 4.78 is 29.9. The molecule has 24 heavy (non-hydrogen) atoms. The van der Waals surface area contributed by atoms with Gasteiger partial charge in [-0.15, -0.1) is 0 Å². The molecule has 7 heteroatoms. The van der Waals surface area contributed by atoms with Gasteiger partial charge in [0.1, 0.15) is 19.0 Å². The second-order valence-electron chi connectivity index (χ2n) is 4.98. The summed E-state index contributed by atoms with van der Waals surface area (Å²) in [4.78, 5) is 24.0. The maximum atomic E-state index is 13.7. The number of fused-ring (bicyclic) bond motifs is 1. The molecule has 1 aliphatic rings. The van der Waals surface area contributed by atoms with Crippen LogP contribution in [0.4, 0.5) is 4.39 Å². The molecule has 2 aromatic rings. The van der Waals surface area contributed by atoms with E-state index in [9.17, 15) is 14.0 Å². The molecule has 124 valence electrons. The van der Waals surface area contributed by atoms with Crippen LogP contribution in [0.15, 0.2) is 40.9 Å². The van der Waals surface area contributed by atoms with Crippen LogP contribution in [-0.2, 0) is 4.74 Å². The molecule has 0 spiro atoms. The molecule has 0 aliphatic carbocycles. The number of esters is 1. The quantitative estimate of drug-likeness (QED) is 0.587. The number of hydrogen-bond donors (Lipinski definition) is 0. The molecule has 2 aromatic carbocycles. The Morgan fingerprint density at radius 3 is 2.58 bits per heavy atom. The second kappa shape index (κ2) is 7.00. The van der Waals surface area contributed by atoms with Gasteiger partial charge >= 0.3 is 5.97 Å². The Bertz CT molecular complexity index is 806. The van der Waals surface area contributed by atoms with Gasteiger partial charge < -0.3 is 14.2 Å². The first-order valence-corrected chi connectivity index (χ1v) is 7.89. The molecule has 0 atom stereocenters. The van der Waals surface area contributed by atoms with Crippen LogP contribution in [0.2, 0.25) is 0 Å². The van der Waals surface area contributed by atoms with E-state index in [4.69, 9.17) is 14.2 Å². The Labute approximate surface area is 145 Å². The molecule has 0 N–H and O–H groups in total. The third kappa shape index (κ3) is 3.56. The van der Waals surface area contributed by atoms with Gasteiger partial charge in [0.2, 0.25) is 0 Å². The van der Waals surface area contributed by atoms with Gasteiger partial charge in [0, 0.05) is 10.0 Å². The van der Waals surface area contributed by atoms with E-state index in [0.717, 1.165) is 6.07 Å². The highest BCUT2D eigenvalue weighted by Crippen LogP contribution is 2.30. The Hall–Kier alpha value is -2.41. The zero-order valence-corrected chi connectivity index (χ0v) is 14.0. The molecule has 3 rings (SSSR count). The minimum atomic E-state index is -0.897. The number of rotatable bonds is 4. The normalized spacial score (nSPS) is 12.6. The van der Waals surface area contributed by atoms with Crippen LogP contribution in [0.3, 0.4) is 0 Å². The molecule has 0 unspecified atom stereocenters. The zero-order valence-electron chi connectivity index (χ0n) is 12.4. The van der Waals surface area contributed by atoms with Crippen molar-refractivity contribution in [1.82, 2.24) is 0 Å². The number of carbonyl (C=O) groups is 2. The molecular formula is C17H12BrFO5. The fraction of sp³-hybridized carbons (Fsp3) is 0.176. The smallest absolute Gasteiger partial charge is 0.341 e. The van der Waals surface area contributed by atoms with Gasteiger partial charge in [-0.2, -0.15) is 0 Å². The minimum absolute atomic E-state index is 0.229. The van der Waals surface area contributed by atoms with Crippen molar-refractivity contribution in [2.24, 2.45) is 0 Å². The molecular weight excluding hydrogens is 383 g/mol. The van der Waals surface area contributed by atoms with Crippen molar-refractivity contribution in [2.45, 2.75) is 0 Å². The van der Waals surface area contributed by atoms with Crippen molar-refractivity contribution < 1.29 is 28.2 Å². The van der Waals surface area contributed by atoms with E-state index in [1.165, 1.54) is 18.2 Å². The van der Waals surface area contributed by atoms with E-state index in [-0.39, 0.29) is 5.56 Å². The van der Waals surface area contributed by atoms with Gasteiger partial charge in [0.05, 0.1) is 5.56 Å². The van der Waals surface area contributed by atoms with Crippen LogP contribution in [-0.4, -0.2) is 31.6 Å². The molecule has 0 aromatic heterocycles. The monoisotopic (exact) mass is 394 g/mol. The summed E-state index contributed by atoms with van der Waals surface area (Å²) in [6, 6.07) is 8.67. The summed E-state index contributed by atoms with van der Waals surface area (Å²) in [7, 11) is 0. The average Bonchev–Trinajstić information content (AvgIpc) is 2.59. The summed E-state index contributed by atoms with van der Waals surface area (Å²) in [6.07, 6.45) is 0. The van der Waals surface area contributed by atoms with Crippen molar-refractivity contribution in [2.75, 3.05) is 19.8 Å². The Kier molecular flexibility index (Phi) is 4.80. The van der Waals surface area contributed by atoms with E-state index in [0.29, 0.717) is 34.7 Å². The van der Waals surface area contributed by atoms with Gasteiger partial charge in [0.25, 0.3) is 0 Å². The van der Waals surface area contributed by atoms with Gasteiger partial charge in [-0.25, -0.2) is 9.18 Å². The second-order valence-corrected chi connectivity index (χ2v) is 5.90. The summed E-state index contributed by atoms with van der Waals surface area (Å²) in [5.74, 6) is -1.01. The highest BCUT2D eigenvalue weighted by Gasteiger charge is 2.18. The van der Waals surface area contributed by atoms with E-state index >= 15 is 0 Å². The van der Waals surface area contributed by atoms with E-state index in [1.807, 2.05) is 0 Å². The lowest BCUT2D eigenvalue weighted by Crippen LogP contribution is -2.17. The van der Waals surface area contributed by atoms with Crippen molar-refractivity contribution in [3.05, 3.63) is 57.8 Å². The lowest BCUT2D eigenvalue weighted by Gasteiger charge is -2.18. The predicted octanol–water partition coefficient (Wildman–Crippen LogP) is 3.40.